The second-order valence-corrected chi connectivity index (χ2v) is 9.65. The number of nitrogens with one attached hydrogen (secondary N) is 1. The minimum absolute atomic E-state index is 0.0748. The van der Waals surface area contributed by atoms with Gasteiger partial charge in [0, 0.05) is 23.4 Å². The first kappa shape index (κ1) is 25.9. The van der Waals surface area contributed by atoms with E-state index in [1.54, 1.807) is 37.3 Å². The van der Waals surface area contributed by atoms with Crippen molar-refractivity contribution in [3.8, 4) is 11.3 Å². The molecule has 1 amide bonds. The van der Waals surface area contributed by atoms with E-state index in [4.69, 9.17) is 4.74 Å². The number of esters is 1. The minimum atomic E-state index is -4.65. The number of hydrogen-bond acceptors (Lipinski definition) is 6. The van der Waals surface area contributed by atoms with E-state index in [2.05, 4.69) is 36.4 Å². The van der Waals surface area contributed by atoms with Gasteiger partial charge in [-0.1, -0.05) is 12.1 Å². The van der Waals surface area contributed by atoms with Crippen molar-refractivity contribution in [1.29, 1.82) is 0 Å². The molecule has 1 aliphatic rings. The summed E-state index contributed by atoms with van der Waals surface area (Å²) in [5, 5.41) is 10.8. The summed E-state index contributed by atoms with van der Waals surface area (Å²) in [6, 6.07) is 7.60. The maximum absolute atomic E-state index is 13.5. The van der Waals surface area contributed by atoms with E-state index in [9.17, 15) is 22.8 Å². The highest BCUT2D eigenvalue weighted by atomic mass is 79.9. The lowest BCUT2D eigenvalue weighted by Crippen LogP contribution is -2.26. The van der Waals surface area contributed by atoms with Crippen LogP contribution in [0.4, 0.5) is 18.9 Å². The Balaban J connectivity index is 1.42. The molecule has 5 rings (SSSR count). The van der Waals surface area contributed by atoms with E-state index in [0.717, 1.165) is 17.5 Å². The summed E-state index contributed by atoms with van der Waals surface area (Å²) in [6.07, 6.45) is -0.247. The summed E-state index contributed by atoms with van der Waals surface area (Å²) in [6.45, 7) is 3.43. The molecule has 1 atom stereocenters. The number of anilines is 1. The standard InChI is InChI=1S/C25H22BrF3N6O3/c1-3-38-24(37)17-12-31-35-18(9-10-30-22(17)35)15-5-4-6-16(11-15)32-23(36)13(2)34-20(14-7-8-14)19(26)21(33-34)25(27,28)29/h4-6,9-14H,3,7-8H2,1-2H3,(H,32,36). The molecule has 0 bridgehead atoms. The van der Waals surface area contributed by atoms with Gasteiger partial charge in [-0.3, -0.25) is 9.48 Å². The van der Waals surface area contributed by atoms with Gasteiger partial charge in [0.2, 0.25) is 5.91 Å². The van der Waals surface area contributed by atoms with E-state index >= 15 is 0 Å². The van der Waals surface area contributed by atoms with E-state index < -0.39 is 29.8 Å². The first-order valence-corrected chi connectivity index (χ1v) is 12.7. The molecule has 1 unspecified atom stereocenters. The Labute approximate surface area is 223 Å². The molecule has 0 spiro atoms. The Bertz CT molecular complexity index is 1540. The number of nitrogens with zero attached hydrogens (tertiary/aromatic N) is 5. The lowest BCUT2D eigenvalue weighted by molar-refractivity contribution is -0.142. The van der Waals surface area contributed by atoms with Crippen molar-refractivity contribution in [3.05, 3.63) is 64.1 Å². The van der Waals surface area contributed by atoms with Crippen LogP contribution in [0.25, 0.3) is 16.9 Å². The number of carbonyl (C=O) groups excluding carboxylic acids is 2. The van der Waals surface area contributed by atoms with Crippen molar-refractivity contribution in [1.82, 2.24) is 24.4 Å². The molecule has 1 N–H and O–H groups in total. The number of carbonyl (C=O) groups is 2. The normalized spacial score (nSPS) is 14.5. The Hall–Kier alpha value is -3.74. The molecule has 0 aliphatic heterocycles. The van der Waals surface area contributed by atoms with Crippen LogP contribution in [0.2, 0.25) is 0 Å². The molecule has 1 saturated carbocycles. The van der Waals surface area contributed by atoms with Gasteiger partial charge < -0.3 is 10.1 Å². The van der Waals surface area contributed by atoms with E-state index in [0.29, 0.717) is 28.3 Å². The zero-order chi connectivity index (χ0) is 27.2. The molecule has 0 radical (unpaired) electrons. The second-order valence-electron chi connectivity index (χ2n) is 8.85. The van der Waals surface area contributed by atoms with Crippen LogP contribution in [0, 0.1) is 0 Å². The summed E-state index contributed by atoms with van der Waals surface area (Å²) in [7, 11) is 0. The van der Waals surface area contributed by atoms with Crippen molar-refractivity contribution in [2.75, 3.05) is 11.9 Å². The SMILES string of the molecule is CCOC(=O)c1cnn2c(-c3cccc(NC(=O)C(C)n4nc(C(F)(F)F)c(Br)c4C4CC4)c3)ccnc12. The lowest BCUT2D eigenvalue weighted by atomic mass is 10.1. The molecular formula is C25H22BrF3N6O3. The molecule has 13 heteroatoms. The van der Waals surface area contributed by atoms with Crippen molar-refractivity contribution in [3.63, 3.8) is 0 Å². The van der Waals surface area contributed by atoms with Gasteiger partial charge in [0.1, 0.15) is 11.6 Å². The van der Waals surface area contributed by atoms with E-state index in [-0.39, 0.29) is 22.6 Å². The number of halogens is 4. The van der Waals surface area contributed by atoms with Crippen LogP contribution in [-0.4, -0.2) is 42.9 Å². The zero-order valence-corrected chi connectivity index (χ0v) is 21.9. The number of alkyl halides is 3. The average molecular weight is 591 g/mol. The van der Waals surface area contributed by atoms with Crippen LogP contribution in [0.15, 0.2) is 47.2 Å². The number of rotatable bonds is 7. The Kier molecular flexibility index (Phi) is 6.72. The van der Waals surface area contributed by atoms with Gasteiger partial charge in [0.05, 0.1) is 28.7 Å². The van der Waals surface area contributed by atoms with Crippen LogP contribution >= 0.6 is 15.9 Å². The van der Waals surface area contributed by atoms with Crippen molar-refractivity contribution >= 4 is 39.1 Å². The number of aromatic nitrogens is 5. The number of fused-ring (bicyclic) bond motifs is 1. The van der Waals surface area contributed by atoms with E-state index in [1.807, 2.05) is 0 Å². The van der Waals surface area contributed by atoms with Crippen LogP contribution in [0.1, 0.15) is 60.4 Å². The summed E-state index contributed by atoms with van der Waals surface area (Å²) >= 11 is 3.06. The molecule has 38 heavy (non-hydrogen) atoms. The lowest BCUT2D eigenvalue weighted by Gasteiger charge is -2.16. The highest BCUT2D eigenvalue weighted by molar-refractivity contribution is 9.10. The quantitative estimate of drug-likeness (QED) is 0.280. The first-order chi connectivity index (χ1) is 18.1. The molecule has 1 aromatic carbocycles. The van der Waals surface area contributed by atoms with E-state index in [1.165, 1.54) is 23.8 Å². The first-order valence-electron chi connectivity index (χ1n) is 11.9. The number of benzene rings is 1. The number of ether oxygens (including phenoxy) is 1. The molecule has 3 heterocycles. The largest absolute Gasteiger partial charge is 0.462 e. The molecule has 198 valence electrons. The third-order valence-electron chi connectivity index (χ3n) is 6.19. The summed E-state index contributed by atoms with van der Waals surface area (Å²) in [4.78, 5) is 29.6. The molecule has 3 aromatic heterocycles. The maximum atomic E-state index is 13.5. The van der Waals surface area contributed by atoms with Gasteiger partial charge in [-0.05, 0) is 60.8 Å². The Morgan fingerprint density at radius 2 is 2.03 bits per heavy atom. The van der Waals surface area contributed by atoms with Gasteiger partial charge in [0.15, 0.2) is 11.3 Å². The van der Waals surface area contributed by atoms with Crippen LogP contribution in [-0.2, 0) is 15.7 Å². The predicted molar refractivity (Wildman–Crippen MR) is 135 cm³/mol. The third-order valence-corrected chi connectivity index (χ3v) is 6.97. The Morgan fingerprint density at radius 3 is 2.71 bits per heavy atom. The monoisotopic (exact) mass is 590 g/mol. The van der Waals surface area contributed by atoms with Gasteiger partial charge in [0.25, 0.3) is 0 Å². The summed E-state index contributed by atoms with van der Waals surface area (Å²) in [5.41, 5.74) is 1.59. The fraction of sp³-hybridized carbons (Fsp3) is 0.320. The van der Waals surface area contributed by atoms with Crippen molar-refractivity contribution < 1.29 is 27.5 Å². The minimum Gasteiger partial charge on any atom is -0.462 e. The molecule has 4 aromatic rings. The topological polar surface area (TPSA) is 103 Å². The van der Waals surface area contributed by atoms with Crippen LogP contribution < -0.4 is 5.32 Å². The average Bonchev–Trinajstić information content (AvgIpc) is 3.50. The highest BCUT2D eigenvalue weighted by Crippen LogP contribution is 2.47. The van der Waals surface area contributed by atoms with Crippen molar-refractivity contribution in [2.45, 2.75) is 44.8 Å². The molecule has 1 aliphatic carbocycles. The molecule has 0 saturated heterocycles. The molecule has 1 fully saturated rings. The molecular weight excluding hydrogens is 569 g/mol. The number of amides is 1. The predicted octanol–water partition coefficient (Wildman–Crippen LogP) is 5.63. The maximum Gasteiger partial charge on any atom is 0.436 e. The third kappa shape index (κ3) is 4.77. The fourth-order valence-electron chi connectivity index (χ4n) is 4.20. The van der Waals surface area contributed by atoms with Crippen LogP contribution in [0.3, 0.4) is 0 Å². The molecule has 9 nitrogen and oxygen atoms in total. The van der Waals surface area contributed by atoms with Crippen LogP contribution in [0.5, 0.6) is 0 Å². The van der Waals surface area contributed by atoms with Crippen molar-refractivity contribution in [2.24, 2.45) is 0 Å². The van der Waals surface area contributed by atoms with Gasteiger partial charge in [-0.25, -0.2) is 14.3 Å². The van der Waals surface area contributed by atoms with Gasteiger partial charge in [-0.2, -0.15) is 23.4 Å². The number of hydrogen-bond donors (Lipinski definition) is 1. The smallest absolute Gasteiger partial charge is 0.436 e. The Morgan fingerprint density at radius 1 is 1.26 bits per heavy atom. The second kappa shape index (κ2) is 9.86. The highest BCUT2D eigenvalue weighted by Gasteiger charge is 2.43. The van der Waals surface area contributed by atoms with Gasteiger partial charge >= 0.3 is 12.1 Å². The summed E-state index contributed by atoms with van der Waals surface area (Å²) in [5.74, 6) is -1.13. The van der Waals surface area contributed by atoms with Gasteiger partial charge in [-0.15, -0.1) is 0 Å². The summed E-state index contributed by atoms with van der Waals surface area (Å²) < 4.78 is 48.1. The fourth-order valence-corrected chi connectivity index (χ4v) is 5.01. The zero-order valence-electron chi connectivity index (χ0n) is 20.3.